The van der Waals surface area contributed by atoms with Crippen LogP contribution in [0.5, 0.6) is 0 Å². The lowest BCUT2D eigenvalue weighted by atomic mass is 10.1. The zero-order valence-corrected chi connectivity index (χ0v) is 10.6. The molecule has 1 N–H and O–H groups in total. The molecule has 0 radical (unpaired) electrons. The Morgan fingerprint density at radius 1 is 1.19 bits per heavy atom. The number of rotatable bonds is 7. The third-order valence-corrected chi connectivity index (χ3v) is 2.43. The summed E-state index contributed by atoms with van der Waals surface area (Å²) in [6.45, 7) is 9.03. The largest absolute Gasteiger partial charge is 0.374 e. The van der Waals surface area contributed by atoms with E-state index in [-0.39, 0.29) is 6.10 Å². The van der Waals surface area contributed by atoms with E-state index in [2.05, 4.69) is 50.4 Å². The van der Waals surface area contributed by atoms with Gasteiger partial charge in [-0.25, -0.2) is 0 Å². The Hall–Kier alpha value is -0.860. The molecule has 0 aliphatic carbocycles. The van der Waals surface area contributed by atoms with E-state index in [0.717, 1.165) is 13.1 Å². The van der Waals surface area contributed by atoms with Crippen molar-refractivity contribution < 1.29 is 4.74 Å². The van der Waals surface area contributed by atoms with Crippen molar-refractivity contribution >= 4 is 0 Å². The number of benzene rings is 1. The van der Waals surface area contributed by atoms with Gasteiger partial charge in [-0.2, -0.15) is 0 Å². The molecular formula is C14H23NO. The van der Waals surface area contributed by atoms with Crippen LogP contribution in [0.4, 0.5) is 0 Å². The number of hydrogen-bond donors (Lipinski definition) is 1. The van der Waals surface area contributed by atoms with Crippen molar-refractivity contribution in [3.05, 3.63) is 35.4 Å². The molecule has 2 heteroatoms. The van der Waals surface area contributed by atoms with E-state index in [9.17, 15) is 0 Å². The van der Waals surface area contributed by atoms with E-state index in [1.165, 1.54) is 17.5 Å². The Balaban J connectivity index is 2.53. The second kappa shape index (κ2) is 7.42. The van der Waals surface area contributed by atoms with Gasteiger partial charge in [0.05, 0.1) is 12.7 Å². The topological polar surface area (TPSA) is 21.3 Å². The highest BCUT2D eigenvalue weighted by atomic mass is 16.5. The molecule has 0 bridgehead atoms. The summed E-state index contributed by atoms with van der Waals surface area (Å²) in [6, 6.07) is 8.47. The van der Waals surface area contributed by atoms with Gasteiger partial charge in [0.1, 0.15) is 0 Å². The molecule has 0 spiro atoms. The van der Waals surface area contributed by atoms with Crippen molar-refractivity contribution in [1.82, 2.24) is 5.32 Å². The Labute approximate surface area is 99.0 Å². The number of ether oxygens (including phenoxy) is 1. The molecule has 0 aliphatic heterocycles. The first-order valence-electron chi connectivity index (χ1n) is 6.13. The minimum Gasteiger partial charge on any atom is -0.374 e. The second-order valence-corrected chi connectivity index (χ2v) is 4.31. The molecule has 0 atom stereocenters. The van der Waals surface area contributed by atoms with Crippen LogP contribution in [0.15, 0.2) is 24.3 Å². The fourth-order valence-corrected chi connectivity index (χ4v) is 1.53. The number of nitrogens with one attached hydrogen (secondary N) is 1. The van der Waals surface area contributed by atoms with Crippen LogP contribution >= 0.6 is 0 Å². The van der Waals surface area contributed by atoms with Gasteiger partial charge in [-0.3, -0.25) is 0 Å². The van der Waals surface area contributed by atoms with Crippen LogP contribution in [-0.2, 0) is 17.9 Å². The quantitative estimate of drug-likeness (QED) is 0.714. The van der Waals surface area contributed by atoms with Gasteiger partial charge in [-0.05, 0) is 37.9 Å². The second-order valence-electron chi connectivity index (χ2n) is 4.31. The van der Waals surface area contributed by atoms with E-state index in [0.29, 0.717) is 6.61 Å². The smallest absolute Gasteiger partial charge is 0.0723 e. The fourth-order valence-electron chi connectivity index (χ4n) is 1.53. The summed E-state index contributed by atoms with van der Waals surface area (Å²) in [5.41, 5.74) is 2.64. The SMILES string of the molecule is CCCNCc1ccccc1COC(C)C. The molecule has 16 heavy (non-hydrogen) atoms. The van der Waals surface area contributed by atoms with Crippen LogP contribution in [0.1, 0.15) is 38.3 Å². The minimum atomic E-state index is 0.289. The summed E-state index contributed by atoms with van der Waals surface area (Å²) in [5, 5.41) is 3.42. The van der Waals surface area contributed by atoms with E-state index in [1.54, 1.807) is 0 Å². The summed E-state index contributed by atoms with van der Waals surface area (Å²) in [7, 11) is 0. The van der Waals surface area contributed by atoms with Crippen LogP contribution in [0.25, 0.3) is 0 Å². The standard InChI is InChI=1S/C14H23NO/c1-4-9-15-10-13-7-5-6-8-14(13)11-16-12(2)3/h5-8,12,15H,4,9-11H2,1-3H3. The molecule has 0 aromatic heterocycles. The van der Waals surface area contributed by atoms with Crippen LogP contribution in [0, 0.1) is 0 Å². The van der Waals surface area contributed by atoms with Gasteiger partial charge in [0.2, 0.25) is 0 Å². The zero-order valence-electron chi connectivity index (χ0n) is 10.6. The van der Waals surface area contributed by atoms with Gasteiger partial charge in [0.15, 0.2) is 0 Å². The Bertz CT molecular complexity index is 297. The lowest BCUT2D eigenvalue weighted by Gasteiger charge is -2.12. The van der Waals surface area contributed by atoms with Crippen molar-refractivity contribution in [2.75, 3.05) is 6.54 Å². The molecule has 1 rings (SSSR count). The number of hydrogen-bond acceptors (Lipinski definition) is 2. The highest BCUT2D eigenvalue weighted by Crippen LogP contribution is 2.11. The normalized spacial score (nSPS) is 11.0. The van der Waals surface area contributed by atoms with Crippen LogP contribution < -0.4 is 5.32 Å². The van der Waals surface area contributed by atoms with Crippen molar-refractivity contribution in [2.24, 2.45) is 0 Å². The molecular weight excluding hydrogens is 198 g/mol. The first kappa shape index (κ1) is 13.2. The predicted molar refractivity (Wildman–Crippen MR) is 68.4 cm³/mol. The third-order valence-electron chi connectivity index (χ3n) is 2.43. The lowest BCUT2D eigenvalue weighted by Crippen LogP contribution is -2.15. The minimum absolute atomic E-state index is 0.289. The molecule has 0 fully saturated rings. The Morgan fingerprint density at radius 3 is 2.50 bits per heavy atom. The van der Waals surface area contributed by atoms with E-state index in [1.807, 2.05) is 0 Å². The maximum atomic E-state index is 5.65. The summed E-state index contributed by atoms with van der Waals surface area (Å²) in [4.78, 5) is 0. The molecule has 0 aliphatic rings. The first-order chi connectivity index (χ1) is 7.74. The molecule has 2 nitrogen and oxygen atoms in total. The molecule has 1 aromatic rings. The molecule has 90 valence electrons. The van der Waals surface area contributed by atoms with Crippen LogP contribution in [0.2, 0.25) is 0 Å². The van der Waals surface area contributed by atoms with Gasteiger partial charge in [0, 0.05) is 6.54 Å². The summed E-state index contributed by atoms with van der Waals surface area (Å²) < 4.78 is 5.65. The lowest BCUT2D eigenvalue weighted by molar-refractivity contribution is 0.0652. The predicted octanol–water partition coefficient (Wildman–Crippen LogP) is 3.11. The van der Waals surface area contributed by atoms with Gasteiger partial charge >= 0.3 is 0 Å². The summed E-state index contributed by atoms with van der Waals surface area (Å²) in [6.07, 6.45) is 1.46. The molecule has 0 amide bonds. The van der Waals surface area contributed by atoms with E-state index >= 15 is 0 Å². The van der Waals surface area contributed by atoms with Gasteiger partial charge in [-0.15, -0.1) is 0 Å². The van der Waals surface area contributed by atoms with Crippen molar-refractivity contribution in [3.63, 3.8) is 0 Å². The van der Waals surface area contributed by atoms with Crippen molar-refractivity contribution in [1.29, 1.82) is 0 Å². The molecule has 0 heterocycles. The highest BCUT2D eigenvalue weighted by Gasteiger charge is 2.02. The van der Waals surface area contributed by atoms with Crippen LogP contribution in [-0.4, -0.2) is 12.6 Å². The maximum Gasteiger partial charge on any atom is 0.0723 e. The molecule has 0 saturated carbocycles. The average Bonchev–Trinajstić information content (AvgIpc) is 2.28. The van der Waals surface area contributed by atoms with Crippen molar-refractivity contribution in [2.45, 2.75) is 46.4 Å². The molecule has 1 aromatic carbocycles. The van der Waals surface area contributed by atoms with Gasteiger partial charge in [0.25, 0.3) is 0 Å². The Morgan fingerprint density at radius 2 is 1.88 bits per heavy atom. The summed E-state index contributed by atoms with van der Waals surface area (Å²) in [5.74, 6) is 0. The monoisotopic (exact) mass is 221 g/mol. The molecule has 0 saturated heterocycles. The van der Waals surface area contributed by atoms with Crippen molar-refractivity contribution in [3.8, 4) is 0 Å². The van der Waals surface area contributed by atoms with E-state index < -0.39 is 0 Å². The maximum absolute atomic E-state index is 5.65. The van der Waals surface area contributed by atoms with Gasteiger partial charge < -0.3 is 10.1 Å². The summed E-state index contributed by atoms with van der Waals surface area (Å²) >= 11 is 0. The van der Waals surface area contributed by atoms with Crippen LogP contribution in [0.3, 0.4) is 0 Å². The van der Waals surface area contributed by atoms with Gasteiger partial charge in [-0.1, -0.05) is 31.2 Å². The third kappa shape index (κ3) is 4.77. The Kier molecular flexibility index (Phi) is 6.12. The first-order valence-corrected chi connectivity index (χ1v) is 6.13. The molecule has 0 unspecified atom stereocenters. The highest BCUT2D eigenvalue weighted by molar-refractivity contribution is 5.26. The average molecular weight is 221 g/mol. The van der Waals surface area contributed by atoms with E-state index in [4.69, 9.17) is 4.74 Å². The fraction of sp³-hybridized carbons (Fsp3) is 0.571. The zero-order chi connectivity index (χ0) is 11.8.